The largest absolute Gasteiger partial charge is 0.480 e. The topological polar surface area (TPSA) is 81.1 Å². The quantitative estimate of drug-likeness (QED) is 0.687. The van der Waals surface area contributed by atoms with Crippen LogP contribution in [0.2, 0.25) is 0 Å². The molecule has 0 spiro atoms. The molecule has 96 valence electrons. The summed E-state index contributed by atoms with van der Waals surface area (Å²) in [6.45, 7) is 6.28. The Labute approximate surface area is 100 Å². The van der Waals surface area contributed by atoms with E-state index in [1.807, 2.05) is 6.92 Å². The number of likely N-dealkylation sites (N-methyl/N-ethyl adjacent to an activating group) is 1. The molecule has 1 aliphatic heterocycles. The van der Waals surface area contributed by atoms with Crippen molar-refractivity contribution in [2.24, 2.45) is 0 Å². The summed E-state index contributed by atoms with van der Waals surface area (Å²) >= 11 is 0. The van der Waals surface area contributed by atoms with Crippen molar-refractivity contribution in [1.29, 1.82) is 0 Å². The van der Waals surface area contributed by atoms with Gasteiger partial charge in [-0.2, -0.15) is 0 Å². The van der Waals surface area contributed by atoms with E-state index in [0.29, 0.717) is 13.1 Å². The van der Waals surface area contributed by atoms with Gasteiger partial charge in [0.25, 0.3) is 0 Å². The van der Waals surface area contributed by atoms with Crippen molar-refractivity contribution in [1.82, 2.24) is 9.80 Å². The Morgan fingerprint density at radius 3 is 2.71 bits per heavy atom. The third kappa shape index (κ3) is 2.97. The normalized spacial score (nSPS) is 23.5. The summed E-state index contributed by atoms with van der Waals surface area (Å²) in [6.07, 6.45) is 0.915. The number of amides is 2. The lowest BCUT2D eigenvalue weighted by molar-refractivity contribution is -0.141. The number of carboxylic acids is 1. The Bertz CT molecular complexity index is 319. The fourth-order valence-electron chi connectivity index (χ4n) is 1.94. The minimum absolute atomic E-state index is 0.0729. The molecule has 2 unspecified atom stereocenters. The minimum atomic E-state index is -1.08. The molecule has 0 aromatic carbocycles. The zero-order valence-corrected chi connectivity index (χ0v) is 9.87. The number of carbonyl (C=O) groups is 2. The molecular weight excluding hydrogens is 224 g/mol. The van der Waals surface area contributed by atoms with Crippen LogP contribution in [0.4, 0.5) is 4.79 Å². The molecule has 0 bridgehead atoms. The molecule has 6 nitrogen and oxygen atoms in total. The van der Waals surface area contributed by atoms with Crippen LogP contribution < -0.4 is 0 Å². The lowest BCUT2D eigenvalue weighted by Crippen LogP contribution is -2.48. The summed E-state index contributed by atoms with van der Waals surface area (Å²) in [5.74, 6) is -1.08. The second-order valence-corrected chi connectivity index (χ2v) is 4.01. The SMILES string of the molecule is C=CCN(CC)C(=O)N1CC(O)CC1C(=O)O. The van der Waals surface area contributed by atoms with Gasteiger partial charge in [0.2, 0.25) is 0 Å². The molecule has 0 aliphatic carbocycles. The number of carboxylic acid groups (broad SMARTS) is 1. The first-order valence-corrected chi connectivity index (χ1v) is 5.58. The average molecular weight is 242 g/mol. The number of aliphatic hydroxyl groups is 1. The van der Waals surface area contributed by atoms with E-state index in [1.54, 1.807) is 6.08 Å². The van der Waals surface area contributed by atoms with Gasteiger partial charge >= 0.3 is 12.0 Å². The van der Waals surface area contributed by atoms with Crippen LogP contribution in [-0.4, -0.2) is 63.8 Å². The van der Waals surface area contributed by atoms with Crippen molar-refractivity contribution in [2.75, 3.05) is 19.6 Å². The smallest absolute Gasteiger partial charge is 0.326 e. The fraction of sp³-hybridized carbons (Fsp3) is 0.636. The summed E-state index contributed by atoms with van der Waals surface area (Å²) in [7, 11) is 0. The van der Waals surface area contributed by atoms with Crippen LogP contribution >= 0.6 is 0 Å². The minimum Gasteiger partial charge on any atom is -0.480 e. The number of carbonyl (C=O) groups excluding carboxylic acids is 1. The Morgan fingerprint density at radius 1 is 1.59 bits per heavy atom. The Morgan fingerprint density at radius 2 is 2.24 bits per heavy atom. The first-order valence-electron chi connectivity index (χ1n) is 5.58. The zero-order chi connectivity index (χ0) is 13.0. The first kappa shape index (κ1) is 13.5. The molecule has 2 atom stereocenters. The van der Waals surface area contributed by atoms with Crippen LogP contribution in [0.15, 0.2) is 12.7 Å². The molecule has 0 aromatic rings. The van der Waals surface area contributed by atoms with Crippen molar-refractivity contribution < 1.29 is 19.8 Å². The highest BCUT2D eigenvalue weighted by Gasteiger charge is 2.40. The Kier molecular flexibility index (Phi) is 4.51. The average Bonchev–Trinajstić information content (AvgIpc) is 2.67. The summed E-state index contributed by atoms with van der Waals surface area (Å²) in [6, 6.07) is -1.30. The van der Waals surface area contributed by atoms with Gasteiger partial charge in [-0.25, -0.2) is 9.59 Å². The van der Waals surface area contributed by atoms with Crippen LogP contribution in [0, 0.1) is 0 Å². The van der Waals surface area contributed by atoms with Crippen molar-refractivity contribution in [3.63, 3.8) is 0 Å². The summed E-state index contributed by atoms with van der Waals surface area (Å²) in [4.78, 5) is 25.7. The van der Waals surface area contributed by atoms with Gasteiger partial charge in [0.05, 0.1) is 6.10 Å². The van der Waals surface area contributed by atoms with Gasteiger partial charge < -0.3 is 20.0 Å². The highest BCUT2D eigenvalue weighted by molar-refractivity contribution is 5.83. The van der Waals surface area contributed by atoms with E-state index >= 15 is 0 Å². The van der Waals surface area contributed by atoms with E-state index in [9.17, 15) is 14.7 Å². The Balaban J connectivity index is 2.78. The van der Waals surface area contributed by atoms with Crippen molar-refractivity contribution in [3.05, 3.63) is 12.7 Å². The molecular formula is C11H18N2O4. The van der Waals surface area contributed by atoms with E-state index in [2.05, 4.69) is 6.58 Å². The van der Waals surface area contributed by atoms with Crippen molar-refractivity contribution >= 4 is 12.0 Å². The van der Waals surface area contributed by atoms with E-state index < -0.39 is 18.1 Å². The maximum absolute atomic E-state index is 12.1. The zero-order valence-electron chi connectivity index (χ0n) is 9.87. The highest BCUT2D eigenvalue weighted by atomic mass is 16.4. The number of rotatable bonds is 4. The number of aliphatic hydroxyl groups excluding tert-OH is 1. The summed E-state index contributed by atoms with van der Waals surface area (Å²) in [5, 5.41) is 18.4. The van der Waals surface area contributed by atoms with E-state index in [1.165, 1.54) is 9.80 Å². The molecule has 6 heteroatoms. The molecule has 1 aliphatic rings. The molecule has 17 heavy (non-hydrogen) atoms. The molecule has 0 radical (unpaired) electrons. The third-order valence-corrected chi connectivity index (χ3v) is 2.81. The molecule has 0 saturated carbocycles. The number of hydrogen-bond donors (Lipinski definition) is 2. The molecule has 1 saturated heterocycles. The number of β-amino-alcohol motifs (C(OH)–C–C–N with tert-alkyl or cyclic N) is 1. The molecule has 2 amide bonds. The van der Waals surface area contributed by atoms with E-state index in [0.717, 1.165) is 0 Å². The molecule has 1 rings (SSSR count). The van der Waals surface area contributed by atoms with Gasteiger partial charge in [0.1, 0.15) is 6.04 Å². The van der Waals surface area contributed by atoms with Gasteiger partial charge in [-0.3, -0.25) is 0 Å². The van der Waals surface area contributed by atoms with Crippen LogP contribution in [-0.2, 0) is 4.79 Å². The monoisotopic (exact) mass is 242 g/mol. The van der Waals surface area contributed by atoms with Crippen LogP contribution in [0.3, 0.4) is 0 Å². The van der Waals surface area contributed by atoms with Gasteiger partial charge in [0.15, 0.2) is 0 Å². The predicted molar refractivity (Wildman–Crippen MR) is 61.6 cm³/mol. The summed E-state index contributed by atoms with van der Waals surface area (Å²) < 4.78 is 0. The second-order valence-electron chi connectivity index (χ2n) is 4.01. The fourth-order valence-corrected chi connectivity index (χ4v) is 1.94. The second kappa shape index (κ2) is 5.67. The number of aliphatic carboxylic acids is 1. The van der Waals surface area contributed by atoms with Crippen LogP contribution in [0.1, 0.15) is 13.3 Å². The number of hydrogen-bond acceptors (Lipinski definition) is 3. The van der Waals surface area contributed by atoms with Gasteiger partial charge in [-0.05, 0) is 6.92 Å². The standard InChI is InChI=1S/C11H18N2O4/c1-3-5-12(4-2)11(17)13-7-8(14)6-9(13)10(15)16/h3,8-9,14H,1,4-7H2,2H3,(H,15,16). The number of likely N-dealkylation sites (tertiary alicyclic amines) is 1. The van der Waals surface area contributed by atoms with Crippen LogP contribution in [0.25, 0.3) is 0 Å². The van der Waals surface area contributed by atoms with E-state index in [-0.39, 0.29) is 19.0 Å². The third-order valence-electron chi connectivity index (χ3n) is 2.81. The summed E-state index contributed by atoms with van der Waals surface area (Å²) in [5.41, 5.74) is 0. The number of urea groups is 1. The highest BCUT2D eigenvalue weighted by Crippen LogP contribution is 2.19. The molecule has 2 N–H and O–H groups in total. The lowest BCUT2D eigenvalue weighted by Gasteiger charge is -2.28. The van der Waals surface area contributed by atoms with Crippen molar-refractivity contribution in [3.8, 4) is 0 Å². The van der Waals surface area contributed by atoms with Crippen LogP contribution in [0.5, 0.6) is 0 Å². The van der Waals surface area contributed by atoms with Crippen molar-refractivity contribution in [2.45, 2.75) is 25.5 Å². The first-order chi connectivity index (χ1) is 8.01. The van der Waals surface area contributed by atoms with Gasteiger partial charge in [0, 0.05) is 26.1 Å². The molecule has 1 fully saturated rings. The van der Waals surface area contributed by atoms with Gasteiger partial charge in [-0.1, -0.05) is 6.08 Å². The molecule has 1 heterocycles. The molecule has 0 aromatic heterocycles. The maximum Gasteiger partial charge on any atom is 0.326 e. The van der Waals surface area contributed by atoms with Gasteiger partial charge in [-0.15, -0.1) is 6.58 Å². The predicted octanol–water partition coefficient (Wildman–Crippen LogP) is 0.134. The Hall–Kier alpha value is -1.56. The van der Waals surface area contributed by atoms with E-state index in [4.69, 9.17) is 5.11 Å². The lowest BCUT2D eigenvalue weighted by atomic mass is 10.2. The maximum atomic E-state index is 12.1. The number of nitrogens with zero attached hydrogens (tertiary/aromatic N) is 2.